The molecule has 0 aromatic rings. The molecular formula is C24H49O5P. The van der Waals surface area contributed by atoms with Gasteiger partial charge < -0.3 is 13.8 Å². The Labute approximate surface area is 186 Å². The number of hydrogen-bond acceptors (Lipinski definition) is 5. The van der Waals surface area contributed by atoms with Crippen LogP contribution in [0.4, 0.5) is 0 Å². The van der Waals surface area contributed by atoms with E-state index in [1.807, 2.05) is 0 Å². The van der Waals surface area contributed by atoms with Gasteiger partial charge in [-0.25, -0.2) is 0 Å². The van der Waals surface area contributed by atoms with E-state index >= 15 is 0 Å². The van der Waals surface area contributed by atoms with Crippen LogP contribution in [0.3, 0.4) is 0 Å². The molecule has 6 heteroatoms. The first kappa shape index (κ1) is 29.6. The van der Waals surface area contributed by atoms with Gasteiger partial charge in [0.05, 0.1) is 19.8 Å². The van der Waals surface area contributed by atoms with Crippen molar-refractivity contribution in [2.24, 2.45) is 0 Å². The van der Waals surface area contributed by atoms with Crippen molar-refractivity contribution >= 4 is 13.6 Å². The molecule has 1 atom stereocenters. The lowest BCUT2D eigenvalue weighted by Gasteiger charge is -2.17. The highest BCUT2D eigenvalue weighted by atomic mass is 31.2. The van der Waals surface area contributed by atoms with Crippen molar-refractivity contribution in [1.82, 2.24) is 0 Å². The SMILES string of the molecule is CCCCCCCCCCOC(=O)CP(=O)(OCC)OCCCCCCCCCC. The predicted octanol–water partition coefficient (Wildman–Crippen LogP) is 8.06. The average molecular weight is 449 g/mol. The molecule has 0 aromatic heterocycles. The lowest BCUT2D eigenvalue weighted by Crippen LogP contribution is -2.14. The number of rotatable bonds is 23. The molecule has 5 nitrogen and oxygen atoms in total. The third-order valence-corrected chi connectivity index (χ3v) is 7.07. The van der Waals surface area contributed by atoms with E-state index in [4.69, 9.17) is 13.8 Å². The fourth-order valence-electron chi connectivity index (χ4n) is 3.39. The van der Waals surface area contributed by atoms with Crippen molar-refractivity contribution < 1.29 is 23.1 Å². The van der Waals surface area contributed by atoms with Gasteiger partial charge in [-0.3, -0.25) is 9.36 Å². The highest BCUT2D eigenvalue weighted by Gasteiger charge is 2.28. The molecule has 0 N–H and O–H groups in total. The van der Waals surface area contributed by atoms with Crippen LogP contribution < -0.4 is 0 Å². The molecule has 0 fully saturated rings. The lowest BCUT2D eigenvalue weighted by atomic mass is 10.1. The van der Waals surface area contributed by atoms with Gasteiger partial charge in [-0.05, 0) is 19.8 Å². The fraction of sp³-hybridized carbons (Fsp3) is 0.958. The first-order valence-corrected chi connectivity index (χ1v) is 14.3. The summed E-state index contributed by atoms with van der Waals surface area (Å²) in [6.45, 7) is 7.23. The summed E-state index contributed by atoms with van der Waals surface area (Å²) < 4.78 is 28.8. The maximum Gasteiger partial charge on any atom is 0.341 e. The Morgan fingerprint density at radius 3 is 1.50 bits per heavy atom. The second-order valence-corrected chi connectivity index (χ2v) is 10.2. The van der Waals surface area contributed by atoms with E-state index < -0.39 is 13.6 Å². The molecule has 0 radical (unpaired) electrons. The van der Waals surface area contributed by atoms with Crippen LogP contribution in [0.2, 0.25) is 0 Å². The number of carbonyl (C=O) groups excluding carboxylic acids is 1. The molecule has 30 heavy (non-hydrogen) atoms. The van der Waals surface area contributed by atoms with Crippen LogP contribution in [0.15, 0.2) is 0 Å². The summed E-state index contributed by atoms with van der Waals surface area (Å²) in [5.74, 6) is -0.481. The van der Waals surface area contributed by atoms with Gasteiger partial charge in [-0.15, -0.1) is 0 Å². The summed E-state index contributed by atoms with van der Waals surface area (Å²) in [5.41, 5.74) is 0. The fourth-order valence-corrected chi connectivity index (χ4v) is 4.86. The van der Waals surface area contributed by atoms with Gasteiger partial charge in [0.1, 0.15) is 6.16 Å². The van der Waals surface area contributed by atoms with Gasteiger partial charge in [0, 0.05) is 0 Å². The second kappa shape index (κ2) is 21.8. The molecule has 0 saturated heterocycles. The Bertz CT molecular complexity index is 428. The quantitative estimate of drug-likeness (QED) is 0.0898. The Balaban J connectivity index is 3.82. The molecule has 0 spiro atoms. The molecule has 1 unspecified atom stereocenters. The van der Waals surface area contributed by atoms with Gasteiger partial charge >= 0.3 is 13.6 Å². The molecule has 0 aliphatic carbocycles. The summed E-state index contributed by atoms with van der Waals surface area (Å²) in [5, 5.41) is 0. The Kier molecular flexibility index (Phi) is 21.6. The molecule has 0 aromatic carbocycles. The molecule has 180 valence electrons. The number of ether oxygens (including phenoxy) is 1. The summed E-state index contributed by atoms with van der Waals surface area (Å²) in [6.07, 6.45) is 18.8. The van der Waals surface area contributed by atoms with E-state index in [1.165, 1.54) is 77.0 Å². The first-order valence-electron chi connectivity index (χ1n) is 12.6. The van der Waals surface area contributed by atoms with Crippen LogP contribution in [-0.2, 0) is 23.1 Å². The molecule has 0 aliphatic heterocycles. The zero-order valence-corrected chi connectivity index (χ0v) is 21.0. The number of hydrogen-bond donors (Lipinski definition) is 0. The zero-order chi connectivity index (χ0) is 22.3. The third-order valence-electron chi connectivity index (χ3n) is 5.20. The van der Waals surface area contributed by atoms with Crippen LogP contribution in [0.25, 0.3) is 0 Å². The molecule has 0 aliphatic rings. The number of unbranched alkanes of at least 4 members (excludes halogenated alkanes) is 14. The smallest absolute Gasteiger partial charge is 0.341 e. The third kappa shape index (κ3) is 19.6. The standard InChI is InChI=1S/C24H49O5P/c1-4-7-9-11-13-15-17-19-21-27-24(25)23-30(26,28-6-3)29-22-20-18-16-14-12-10-8-5-2/h4-23H2,1-3H3. The maximum atomic E-state index is 12.7. The average Bonchev–Trinajstić information content (AvgIpc) is 2.71. The minimum absolute atomic E-state index is 0.264. The summed E-state index contributed by atoms with van der Waals surface area (Å²) in [4.78, 5) is 12.0. The monoisotopic (exact) mass is 448 g/mol. The molecular weight excluding hydrogens is 399 g/mol. The van der Waals surface area contributed by atoms with Crippen molar-refractivity contribution in [3.63, 3.8) is 0 Å². The Hall–Kier alpha value is -0.380. The van der Waals surface area contributed by atoms with E-state index in [0.29, 0.717) is 13.2 Å². The normalized spacial score (nSPS) is 13.3. The van der Waals surface area contributed by atoms with Gasteiger partial charge in [0.15, 0.2) is 0 Å². The molecule has 0 saturated carbocycles. The van der Waals surface area contributed by atoms with Crippen LogP contribution in [0.1, 0.15) is 124 Å². The highest BCUT2D eigenvalue weighted by Crippen LogP contribution is 2.48. The van der Waals surface area contributed by atoms with Crippen molar-refractivity contribution in [2.45, 2.75) is 124 Å². The highest BCUT2D eigenvalue weighted by molar-refractivity contribution is 7.54. The second-order valence-electron chi connectivity index (χ2n) is 8.19. The molecule has 0 heterocycles. The van der Waals surface area contributed by atoms with Gasteiger partial charge in [0.2, 0.25) is 0 Å². The summed E-state index contributed by atoms with van der Waals surface area (Å²) >= 11 is 0. The van der Waals surface area contributed by atoms with Crippen molar-refractivity contribution in [2.75, 3.05) is 26.0 Å². The van der Waals surface area contributed by atoms with Crippen LogP contribution in [-0.4, -0.2) is 32.0 Å². The molecule has 0 amide bonds. The van der Waals surface area contributed by atoms with E-state index in [-0.39, 0.29) is 12.8 Å². The number of esters is 1. The van der Waals surface area contributed by atoms with Crippen LogP contribution in [0, 0.1) is 0 Å². The maximum absolute atomic E-state index is 12.7. The Morgan fingerprint density at radius 2 is 1.03 bits per heavy atom. The van der Waals surface area contributed by atoms with E-state index in [2.05, 4.69) is 13.8 Å². The zero-order valence-electron chi connectivity index (χ0n) is 20.1. The van der Waals surface area contributed by atoms with Gasteiger partial charge in [-0.2, -0.15) is 0 Å². The summed E-state index contributed by atoms with van der Waals surface area (Å²) in [6, 6.07) is 0. The van der Waals surface area contributed by atoms with Gasteiger partial charge in [-0.1, -0.05) is 104 Å². The topological polar surface area (TPSA) is 61.8 Å². The Morgan fingerprint density at radius 1 is 0.600 bits per heavy atom. The van der Waals surface area contributed by atoms with E-state index in [0.717, 1.165) is 25.7 Å². The molecule has 0 rings (SSSR count). The molecule has 0 bridgehead atoms. The lowest BCUT2D eigenvalue weighted by molar-refractivity contribution is -0.141. The number of carbonyl (C=O) groups is 1. The van der Waals surface area contributed by atoms with Crippen molar-refractivity contribution in [3.05, 3.63) is 0 Å². The van der Waals surface area contributed by atoms with Gasteiger partial charge in [0.25, 0.3) is 0 Å². The van der Waals surface area contributed by atoms with E-state index in [9.17, 15) is 9.36 Å². The first-order chi connectivity index (χ1) is 14.6. The summed E-state index contributed by atoms with van der Waals surface area (Å²) in [7, 11) is -3.40. The minimum Gasteiger partial charge on any atom is -0.465 e. The van der Waals surface area contributed by atoms with Crippen molar-refractivity contribution in [3.8, 4) is 0 Å². The predicted molar refractivity (Wildman–Crippen MR) is 126 cm³/mol. The van der Waals surface area contributed by atoms with Crippen LogP contribution in [0.5, 0.6) is 0 Å². The van der Waals surface area contributed by atoms with Crippen molar-refractivity contribution in [1.29, 1.82) is 0 Å². The van der Waals surface area contributed by atoms with E-state index in [1.54, 1.807) is 6.92 Å². The minimum atomic E-state index is -3.40. The van der Waals surface area contributed by atoms with Crippen LogP contribution >= 0.6 is 7.60 Å². The largest absolute Gasteiger partial charge is 0.465 e.